The van der Waals surface area contributed by atoms with Crippen LogP contribution in [0.25, 0.3) is 23.2 Å². The van der Waals surface area contributed by atoms with E-state index in [9.17, 15) is 0 Å². The third kappa shape index (κ3) is 3.31. The first kappa shape index (κ1) is 16.3. The van der Waals surface area contributed by atoms with Gasteiger partial charge in [0.15, 0.2) is 0 Å². The molecule has 0 bridgehead atoms. The molecule has 0 aliphatic carbocycles. The summed E-state index contributed by atoms with van der Waals surface area (Å²) < 4.78 is 2.30. The van der Waals surface area contributed by atoms with Crippen LogP contribution in [0.5, 0.6) is 0 Å². The van der Waals surface area contributed by atoms with E-state index in [0.29, 0.717) is 0 Å². The second-order valence-electron chi connectivity index (χ2n) is 6.72. The minimum absolute atomic E-state index is 0.822. The average molecular weight is 338 g/mol. The van der Waals surface area contributed by atoms with Crippen molar-refractivity contribution in [2.24, 2.45) is 0 Å². The van der Waals surface area contributed by atoms with Crippen LogP contribution in [-0.2, 0) is 6.54 Å². The van der Waals surface area contributed by atoms with Crippen molar-refractivity contribution >= 4 is 23.2 Å². The zero-order chi connectivity index (χ0) is 17.9. The van der Waals surface area contributed by atoms with Gasteiger partial charge in [0.2, 0.25) is 0 Å². The fourth-order valence-corrected chi connectivity index (χ4v) is 3.26. The molecule has 4 rings (SSSR count). The predicted octanol–water partition coefficient (Wildman–Crippen LogP) is 5.87. The van der Waals surface area contributed by atoms with Gasteiger partial charge in [-0.1, -0.05) is 72.3 Å². The number of imidazole rings is 1. The summed E-state index contributed by atoms with van der Waals surface area (Å²) in [5.41, 5.74) is 7.31. The van der Waals surface area contributed by atoms with Crippen LogP contribution in [-0.4, -0.2) is 9.55 Å². The lowest BCUT2D eigenvalue weighted by atomic mass is 10.1. The number of benzene rings is 3. The van der Waals surface area contributed by atoms with Crippen molar-refractivity contribution in [3.63, 3.8) is 0 Å². The summed E-state index contributed by atoms with van der Waals surface area (Å²) in [6, 6.07) is 25.3. The molecule has 0 atom stereocenters. The fourth-order valence-electron chi connectivity index (χ4n) is 3.26. The Bertz CT molecular complexity index is 1070. The smallest absolute Gasteiger partial charge is 0.134 e. The molecule has 0 radical (unpaired) electrons. The van der Waals surface area contributed by atoms with E-state index in [0.717, 1.165) is 17.9 Å². The van der Waals surface area contributed by atoms with E-state index in [1.807, 2.05) is 12.1 Å². The molecule has 0 saturated carbocycles. The van der Waals surface area contributed by atoms with Crippen LogP contribution in [0.3, 0.4) is 0 Å². The Kier molecular flexibility index (Phi) is 4.40. The number of nitrogens with zero attached hydrogens (tertiary/aromatic N) is 2. The summed E-state index contributed by atoms with van der Waals surface area (Å²) in [6.45, 7) is 5.14. The van der Waals surface area contributed by atoms with Crippen LogP contribution >= 0.6 is 0 Å². The molecule has 0 N–H and O–H groups in total. The Hall–Kier alpha value is -3.13. The van der Waals surface area contributed by atoms with Gasteiger partial charge < -0.3 is 4.57 Å². The molecular weight excluding hydrogens is 316 g/mol. The first-order valence-corrected chi connectivity index (χ1v) is 8.95. The molecule has 0 fully saturated rings. The highest BCUT2D eigenvalue weighted by Gasteiger charge is 2.10. The summed E-state index contributed by atoms with van der Waals surface area (Å²) in [6.07, 6.45) is 4.24. The zero-order valence-electron chi connectivity index (χ0n) is 15.2. The largest absolute Gasteiger partial charge is 0.320 e. The monoisotopic (exact) mass is 338 g/mol. The van der Waals surface area contributed by atoms with Crippen molar-refractivity contribution in [2.75, 3.05) is 0 Å². The molecule has 2 heteroatoms. The molecule has 2 nitrogen and oxygen atoms in total. The van der Waals surface area contributed by atoms with Crippen LogP contribution in [0, 0.1) is 13.8 Å². The number of hydrogen-bond donors (Lipinski definition) is 0. The van der Waals surface area contributed by atoms with E-state index in [4.69, 9.17) is 4.98 Å². The molecular formula is C24H22N2. The predicted molar refractivity (Wildman–Crippen MR) is 110 cm³/mol. The molecule has 1 aromatic heterocycles. The maximum atomic E-state index is 4.85. The minimum Gasteiger partial charge on any atom is -0.320 e. The number of rotatable bonds is 4. The second-order valence-corrected chi connectivity index (χ2v) is 6.72. The van der Waals surface area contributed by atoms with E-state index in [-0.39, 0.29) is 0 Å². The Labute approximate surface area is 154 Å². The first-order chi connectivity index (χ1) is 12.7. The van der Waals surface area contributed by atoms with Crippen LogP contribution < -0.4 is 0 Å². The summed E-state index contributed by atoms with van der Waals surface area (Å²) in [5, 5.41) is 0. The standard InChI is InChI=1S/C24H22N2/c1-18-12-13-19(2)21(16-18)17-26-23-11-7-6-10-22(23)25-24(26)15-14-20-8-4-3-5-9-20/h3-16H,17H2,1-2H3/b15-14-. The van der Waals surface area contributed by atoms with Crippen LogP contribution in [0.1, 0.15) is 28.1 Å². The van der Waals surface area contributed by atoms with Gasteiger partial charge in [0, 0.05) is 6.54 Å². The third-order valence-electron chi connectivity index (χ3n) is 4.74. The van der Waals surface area contributed by atoms with Gasteiger partial charge in [-0.25, -0.2) is 4.98 Å². The van der Waals surface area contributed by atoms with Crippen molar-refractivity contribution in [1.82, 2.24) is 9.55 Å². The topological polar surface area (TPSA) is 17.8 Å². The van der Waals surface area contributed by atoms with Crippen LogP contribution in [0.15, 0.2) is 72.8 Å². The van der Waals surface area contributed by atoms with Crippen molar-refractivity contribution in [3.05, 3.63) is 101 Å². The van der Waals surface area contributed by atoms with Gasteiger partial charge in [-0.05, 0) is 48.7 Å². The van der Waals surface area contributed by atoms with Gasteiger partial charge in [-0.15, -0.1) is 0 Å². The molecule has 128 valence electrons. The van der Waals surface area contributed by atoms with Crippen molar-refractivity contribution < 1.29 is 0 Å². The van der Waals surface area contributed by atoms with E-state index in [1.165, 1.54) is 27.8 Å². The van der Waals surface area contributed by atoms with E-state index >= 15 is 0 Å². The SMILES string of the molecule is Cc1ccc(C)c(Cn2c(/C=C\c3ccccc3)nc3ccccc32)c1. The molecule has 0 aliphatic rings. The zero-order valence-corrected chi connectivity index (χ0v) is 15.2. The summed E-state index contributed by atoms with van der Waals surface area (Å²) >= 11 is 0. The van der Waals surface area contributed by atoms with E-state index in [1.54, 1.807) is 0 Å². The Morgan fingerprint density at radius 3 is 2.46 bits per heavy atom. The highest BCUT2D eigenvalue weighted by atomic mass is 15.1. The highest BCUT2D eigenvalue weighted by molar-refractivity contribution is 5.80. The normalized spacial score (nSPS) is 11.5. The van der Waals surface area contributed by atoms with E-state index in [2.05, 4.69) is 91.2 Å². The lowest BCUT2D eigenvalue weighted by molar-refractivity contribution is 0.807. The number of para-hydroxylation sites is 2. The maximum absolute atomic E-state index is 4.85. The number of fused-ring (bicyclic) bond motifs is 1. The molecule has 0 spiro atoms. The highest BCUT2D eigenvalue weighted by Crippen LogP contribution is 2.21. The lowest BCUT2D eigenvalue weighted by Crippen LogP contribution is -2.04. The lowest BCUT2D eigenvalue weighted by Gasteiger charge is -2.11. The molecule has 0 unspecified atom stereocenters. The number of aryl methyl sites for hydroxylation is 2. The maximum Gasteiger partial charge on any atom is 0.134 e. The van der Waals surface area contributed by atoms with Gasteiger partial charge in [0.25, 0.3) is 0 Å². The Morgan fingerprint density at radius 1 is 0.846 bits per heavy atom. The van der Waals surface area contributed by atoms with Gasteiger partial charge in [-0.2, -0.15) is 0 Å². The quantitative estimate of drug-likeness (QED) is 0.455. The molecule has 3 aromatic carbocycles. The van der Waals surface area contributed by atoms with Gasteiger partial charge in [-0.3, -0.25) is 0 Å². The molecule has 4 aromatic rings. The van der Waals surface area contributed by atoms with Crippen molar-refractivity contribution in [2.45, 2.75) is 20.4 Å². The van der Waals surface area contributed by atoms with Gasteiger partial charge in [0.1, 0.15) is 5.82 Å². The molecule has 0 aliphatic heterocycles. The van der Waals surface area contributed by atoms with Crippen LogP contribution in [0.4, 0.5) is 0 Å². The van der Waals surface area contributed by atoms with Crippen molar-refractivity contribution in [3.8, 4) is 0 Å². The molecule has 1 heterocycles. The molecule has 26 heavy (non-hydrogen) atoms. The Balaban J connectivity index is 1.79. The van der Waals surface area contributed by atoms with E-state index < -0.39 is 0 Å². The summed E-state index contributed by atoms with van der Waals surface area (Å²) in [5.74, 6) is 0.982. The summed E-state index contributed by atoms with van der Waals surface area (Å²) in [7, 11) is 0. The summed E-state index contributed by atoms with van der Waals surface area (Å²) in [4.78, 5) is 4.85. The average Bonchev–Trinajstić information content (AvgIpc) is 3.01. The first-order valence-electron chi connectivity index (χ1n) is 8.95. The second kappa shape index (κ2) is 7.01. The fraction of sp³-hybridized carbons (Fsp3) is 0.125. The number of hydrogen-bond acceptors (Lipinski definition) is 1. The Morgan fingerprint density at radius 2 is 1.62 bits per heavy atom. The van der Waals surface area contributed by atoms with Gasteiger partial charge >= 0.3 is 0 Å². The van der Waals surface area contributed by atoms with Gasteiger partial charge in [0.05, 0.1) is 11.0 Å². The minimum atomic E-state index is 0.822. The third-order valence-corrected chi connectivity index (χ3v) is 4.74. The molecule has 0 saturated heterocycles. The number of aromatic nitrogens is 2. The van der Waals surface area contributed by atoms with Crippen molar-refractivity contribution in [1.29, 1.82) is 0 Å². The molecule has 0 amide bonds. The van der Waals surface area contributed by atoms with Crippen LogP contribution in [0.2, 0.25) is 0 Å².